The minimum absolute atomic E-state index is 0.0954. The highest BCUT2D eigenvalue weighted by Crippen LogP contribution is 2.22. The van der Waals surface area contributed by atoms with Crippen LogP contribution in [0.15, 0.2) is 0 Å². The Bertz CT molecular complexity index is 227. The number of unbranched alkanes of at least 4 members (excludes halogenated alkanes) is 2. The lowest BCUT2D eigenvalue weighted by Crippen LogP contribution is -2.45. The van der Waals surface area contributed by atoms with Crippen LogP contribution in [-0.2, 0) is 4.79 Å². The summed E-state index contributed by atoms with van der Waals surface area (Å²) in [5.74, 6) is 0.112. The summed E-state index contributed by atoms with van der Waals surface area (Å²) < 4.78 is 0. The number of hydrogen-bond donors (Lipinski definition) is 2. The van der Waals surface area contributed by atoms with Crippen LogP contribution in [0.2, 0.25) is 0 Å². The maximum Gasteiger partial charge on any atom is 0.236 e. The normalized spacial score (nSPS) is 13.4. The Balaban J connectivity index is 3.87. The molecule has 1 atom stereocenters. The van der Waals surface area contributed by atoms with Crippen LogP contribution in [0.3, 0.4) is 0 Å². The molecule has 3 nitrogen and oxygen atoms in total. The predicted molar refractivity (Wildman–Crippen MR) is 78.7 cm³/mol. The Kier molecular flexibility index (Phi) is 9.08. The molecule has 0 aromatic heterocycles. The first kappa shape index (κ1) is 17.4. The first-order chi connectivity index (χ1) is 8.43. The SMILES string of the molecule is CCCCCC(C)(C)CNC(C)C(=O)NCCC. The summed E-state index contributed by atoms with van der Waals surface area (Å²) in [5.41, 5.74) is 0.272. The van der Waals surface area contributed by atoms with E-state index in [1.807, 2.05) is 6.92 Å². The minimum atomic E-state index is -0.0954. The van der Waals surface area contributed by atoms with Gasteiger partial charge in [0.1, 0.15) is 0 Å². The maximum atomic E-state index is 11.7. The third-order valence-corrected chi connectivity index (χ3v) is 3.29. The second-order valence-electron chi connectivity index (χ2n) is 6.01. The summed E-state index contributed by atoms with van der Waals surface area (Å²) in [4.78, 5) is 11.7. The molecule has 0 rings (SSSR count). The molecular formula is C15H32N2O. The van der Waals surface area contributed by atoms with Gasteiger partial charge < -0.3 is 10.6 Å². The van der Waals surface area contributed by atoms with Crippen molar-refractivity contribution >= 4 is 5.91 Å². The van der Waals surface area contributed by atoms with Gasteiger partial charge in [0, 0.05) is 13.1 Å². The highest BCUT2D eigenvalue weighted by molar-refractivity contribution is 5.81. The molecule has 0 saturated carbocycles. The molecule has 0 saturated heterocycles. The van der Waals surface area contributed by atoms with Crippen molar-refractivity contribution in [3.63, 3.8) is 0 Å². The minimum Gasteiger partial charge on any atom is -0.355 e. The second kappa shape index (κ2) is 9.37. The summed E-state index contributed by atoms with van der Waals surface area (Å²) in [5, 5.41) is 6.27. The average molecular weight is 256 g/mol. The monoisotopic (exact) mass is 256 g/mol. The van der Waals surface area contributed by atoms with E-state index < -0.39 is 0 Å². The molecule has 0 fully saturated rings. The molecule has 0 radical (unpaired) electrons. The number of amides is 1. The van der Waals surface area contributed by atoms with Gasteiger partial charge in [-0.25, -0.2) is 0 Å². The quantitative estimate of drug-likeness (QED) is 0.590. The van der Waals surface area contributed by atoms with Gasteiger partial charge in [0.25, 0.3) is 0 Å². The molecule has 1 unspecified atom stereocenters. The van der Waals surface area contributed by atoms with E-state index in [1.54, 1.807) is 0 Å². The Morgan fingerprint density at radius 2 is 1.83 bits per heavy atom. The molecule has 3 heteroatoms. The third-order valence-electron chi connectivity index (χ3n) is 3.29. The van der Waals surface area contributed by atoms with E-state index in [0.717, 1.165) is 19.5 Å². The highest BCUT2D eigenvalue weighted by atomic mass is 16.2. The summed E-state index contributed by atoms with van der Waals surface area (Å²) in [7, 11) is 0. The van der Waals surface area contributed by atoms with Crippen LogP contribution in [0.4, 0.5) is 0 Å². The van der Waals surface area contributed by atoms with E-state index >= 15 is 0 Å². The summed E-state index contributed by atoms with van der Waals surface area (Å²) >= 11 is 0. The van der Waals surface area contributed by atoms with Gasteiger partial charge in [-0.3, -0.25) is 4.79 Å². The van der Waals surface area contributed by atoms with E-state index in [2.05, 4.69) is 38.3 Å². The fourth-order valence-corrected chi connectivity index (χ4v) is 1.87. The first-order valence-electron chi connectivity index (χ1n) is 7.44. The molecular weight excluding hydrogens is 224 g/mol. The van der Waals surface area contributed by atoms with Crippen LogP contribution in [-0.4, -0.2) is 25.0 Å². The molecule has 0 heterocycles. The molecule has 0 aliphatic carbocycles. The Hall–Kier alpha value is -0.570. The van der Waals surface area contributed by atoms with Crippen molar-refractivity contribution in [1.29, 1.82) is 0 Å². The molecule has 0 aliphatic rings. The second-order valence-corrected chi connectivity index (χ2v) is 6.01. The molecule has 18 heavy (non-hydrogen) atoms. The molecule has 1 amide bonds. The lowest BCUT2D eigenvalue weighted by molar-refractivity contribution is -0.122. The van der Waals surface area contributed by atoms with Crippen LogP contribution in [0.25, 0.3) is 0 Å². The zero-order valence-electron chi connectivity index (χ0n) is 12.9. The van der Waals surface area contributed by atoms with Gasteiger partial charge in [0.2, 0.25) is 5.91 Å². The molecule has 0 aromatic rings. The van der Waals surface area contributed by atoms with Crippen LogP contribution in [0.5, 0.6) is 0 Å². The standard InChI is InChI=1S/C15H32N2O/c1-6-8-9-10-15(4,5)12-17-13(3)14(18)16-11-7-2/h13,17H,6-12H2,1-5H3,(H,16,18). The van der Waals surface area contributed by atoms with Gasteiger partial charge >= 0.3 is 0 Å². The van der Waals surface area contributed by atoms with E-state index in [-0.39, 0.29) is 17.4 Å². The van der Waals surface area contributed by atoms with E-state index in [1.165, 1.54) is 25.7 Å². The van der Waals surface area contributed by atoms with Gasteiger partial charge in [-0.1, -0.05) is 47.0 Å². The molecule has 0 aliphatic heterocycles. The Labute approximate surface area is 113 Å². The largest absolute Gasteiger partial charge is 0.355 e. The Morgan fingerprint density at radius 3 is 2.39 bits per heavy atom. The van der Waals surface area contributed by atoms with Crippen molar-refractivity contribution in [3.05, 3.63) is 0 Å². The van der Waals surface area contributed by atoms with Gasteiger partial charge in [-0.15, -0.1) is 0 Å². The number of carbonyl (C=O) groups is 1. The molecule has 0 bridgehead atoms. The number of rotatable bonds is 10. The van der Waals surface area contributed by atoms with Gasteiger partial charge in [-0.05, 0) is 25.2 Å². The van der Waals surface area contributed by atoms with E-state index in [4.69, 9.17) is 0 Å². The van der Waals surface area contributed by atoms with Crippen LogP contribution >= 0.6 is 0 Å². The summed E-state index contributed by atoms with van der Waals surface area (Å²) in [6.07, 6.45) is 6.05. The zero-order valence-corrected chi connectivity index (χ0v) is 12.9. The third kappa shape index (κ3) is 8.51. The van der Waals surface area contributed by atoms with Crippen molar-refractivity contribution in [3.8, 4) is 0 Å². The molecule has 108 valence electrons. The molecule has 0 spiro atoms. The van der Waals surface area contributed by atoms with Crippen LogP contribution in [0, 0.1) is 5.41 Å². The smallest absolute Gasteiger partial charge is 0.236 e. The van der Waals surface area contributed by atoms with Gasteiger partial charge in [-0.2, -0.15) is 0 Å². The molecule has 2 N–H and O–H groups in total. The lowest BCUT2D eigenvalue weighted by atomic mass is 9.86. The number of nitrogens with one attached hydrogen (secondary N) is 2. The number of hydrogen-bond acceptors (Lipinski definition) is 2. The Morgan fingerprint density at radius 1 is 1.17 bits per heavy atom. The van der Waals surface area contributed by atoms with Gasteiger partial charge in [0.15, 0.2) is 0 Å². The average Bonchev–Trinajstić information content (AvgIpc) is 2.33. The fraction of sp³-hybridized carbons (Fsp3) is 0.933. The zero-order chi connectivity index (χ0) is 14.0. The lowest BCUT2D eigenvalue weighted by Gasteiger charge is -2.27. The van der Waals surface area contributed by atoms with Crippen molar-refractivity contribution in [2.45, 2.75) is 72.8 Å². The fourth-order valence-electron chi connectivity index (χ4n) is 1.87. The van der Waals surface area contributed by atoms with E-state index in [9.17, 15) is 4.79 Å². The predicted octanol–water partition coefficient (Wildman–Crippen LogP) is 3.10. The first-order valence-corrected chi connectivity index (χ1v) is 7.44. The van der Waals surface area contributed by atoms with Crippen LogP contribution < -0.4 is 10.6 Å². The molecule has 0 aromatic carbocycles. The highest BCUT2D eigenvalue weighted by Gasteiger charge is 2.20. The van der Waals surface area contributed by atoms with Crippen LogP contribution in [0.1, 0.15) is 66.7 Å². The summed E-state index contributed by atoms with van der Waals surface area (Å²) in [6, 6.07) is -0.0954. The summed E-state index contributed by atoms with van der Waals surface area (Å²) in [6.45, 7) is 12.4. The van der Waals surface area contributed by atoms with E-state index in [0.29, 0.717) is 0 Å². The van der Waals surface area contributed by atoms with Crippen molar-refractivity contribution < 1.29 is 4.79 Å². The van der Waals surface area contributed by atoms with Crippen molar-refractivity contribution in [2.24, 2.45) is 5.41 Å². The van der Waals surface area contributed by atoms with Crippen molar-refractivity contribution in [2.75, 3.05) is 13.1 Å². The van der Waals surface area contributed by atoms with Crippen molar-refractivity contribution in [1.82, 2.24) is 10.6 Å². The topological polar surface area (TPSA) is 41.1 Å². The van der Waals surface area contributed by atoms with Gasteiger partial charge in [0.05, 0.1) is 6.04 Å². The number of carbonyl (C=O) groups excluding carboxylic acids is 1. The maximum absolute atomic E-state index is 11.7.